The number of rotatable bonds is 5. The Morgan fingerprint density at radius 3 is 2.66 bits per heavy atom. The fraction of sp³-hybridized carbons (Fsp3) is 0.476. The first kappa shape index (κ1) is 26.9. The second kappa shape index (κ2) is 11.7. The van der Waals surface area contributed by atoms with Crippen molar-refractivity contribution in [2.75, 3.05) is 31.1 Å². The van der Waals surface area contributed by atoms with E-state index in [1.165, 1.54) is 17.7 Å². The molecule has 0 radical (unpaired) electrons. The number of benzene rings is 1. The van der Waals surface area contributed by atoms with Gasteiger partial charge >= 0.3 is 0 Å². The van der Waals surface area contributed by atoms with Crippen LogP contribution >= 0.6 is 48.2 Å². The van der Waals surface area contributed by atoms with E-state index in [9.17, 15) is 9.18 Å². The van der Waals surface area contributed by atoms with Gasteiger partial charge in [0.05, 0.1) is 16.8 Å². The van der Waals surface area contributed by atoms with Gasteiger partial charge in [-0.3, -0.25) is 4.79 Å². The molecule has 6 nitrogen and oxygen atoms in total. The molecule has 4 rings (SSSR count). The first-order chi connectivity index (χ1) is 14.5. The average molecular weight is 523 g/mol. The van der Waals surface area contributed by atoms with E-state index < -0.39 is 11.9 Å². The van der Waals surface area contributed by atoms with E-state index in [0.717, 1.165) is 23.7 Å². The Balaban J connectivity index is 0.00000181. The fourth-order valence-electron chi connectivity index (χ4n) is 4.08. The number of nitrogens with two attached hydrogens (primary N) is 1. The molecule has 0 bridgehead atoms. The lowest BCUT2D eigenvalue weighted by molar-refractivity contribution is -0.132. The molecular weight excluding hydrogens is 496 g/mol. The fourth-order valence-corrected chi connectivity index (χ4v) is 5.43. The molecule has 3 heterocycles. The number of nitrogens with zero attached hydrogens (tertiary/aromatic N) is 4. The van der Waals surface area contributed by atoms with Crippen LogP contribution in [0.5, 0.6) is 0 Å². The van der Waals surface area contributed by atoms with Crippen LogP contribution in [0.15, 0.2) is 24.5 Å². The number of amides is 1. The SMILES string of the molecule is CCC1SCc2ncnc(N3CCN(C(=O)[C@H](N)Cc4ccc(Cl)c(F)c4)CC3)c21.Cl.Cl. The Morgan fingerprint density at radius 1 is 1.28 bits per heavy atom. The molecule has 2 atom stereocenters. The highest BCUT2D eigenvalue weighted by Gasteiger charge is 2.32. The van der Waals surface area contributed by atoms with E-state index in [1.54, 1.807) is 17.3 Å². The van der Waals surface area contributed by atoms with Gasteiger partial charge in [-0.15, -0.1) is 36.6 Å². The molecule has 0 saturated carbocycles. The zero-order valence-corrected chi connectivity index (χ0v) is 20.9. The Labute approximate surface area is 209 Å². The predicted octanol–water partition coefficient (Wildman–Crippen LogP) is 4.03. The Hall–Kier alpha value is -1.32. The molecule has 1 unspecified atom stereocenters. The second-order valence-electron chi connectivity index (χ2n) is 7.64. The lowest BCUT2D eigenvalue weighted by atomic mass is 10.0. The maximum Gasteiger partial charge on any atom is 0.239 e. The van der Waals surface area contributed by atoms with Crippen LogP contribution in [0.2, 0.25) is 5.02 Å². The van der Waals surface area contributed by atoms with E-state index in [0.29, 0.717) is 37.0 Å². The van der Waals surface area contributed by atoms with Crippen LogP contribution in [0, 0.1) is 5.82 Å². The maximum absolute atomic E-state index is 13.7. The molecule has 1 amide bonds. The lowest BCUT2D eigenvalue weighted by Gasteiger charge is -2.37. The number of aromatic nitrogens is 2. The number of carbonyl (C=O) groups is 1. The molecule has 1 fully saturated rings. The normalized spacial score (nSPS) is 18.4. The highest BCUT2D eigenvalue weighted by Crippen LogP contribution is 2.46. The summed E-state index contributed by atoms with van der Waals surface area (Å²) in [4.78, 5) is 25.9. The summed E-state index contributed by atoms with van der Waals surface area (Å²) < 4.78 is 13.7. The Kier molecular flexibility index (Phi) is 9.85. The summed E-state index contributed by atoms with van der Waals surface area (Å²) in [6.07, 6.45) is 2.98. The highest BCUT2D eigenvalue weighted by molar-refractivity contribution is 7.99. The molecule has 2 aromatic rings. The van der Waals surface area contributed by atoms with Crippen LogP contribution in [0.4, 0.5) is 10.2 Å². The summed E-state index contributed by atoms with van der Waals surface area (Å²) in [6.45, 7) is 4.78. The van der Waals surface area contributed by atoms with E-state index in [1.807, 2.05) is 11.8 Å². The Bertz CT molecular complexity index is 946. The van der Waals surface area contributed by atoms with Gasteiger partial charge in [0.25, 0.3) is 0 Å². The monoisotopic (exact) mass is 521 g/mol. The van der Waals surface area contributed by atoms with Crippen molar-refractivity contribution in [3.05, 3.63) is 52.2 Å². The van der Waals surface area contributed by atoms with Gasteiger partial charge in [0.15, 0.2) is 0 Å². The van der Waals surface area contributed by atoms with Crippen molar-refractivity contribution in [1.82, 2.24) is 14.9 Å². The molecule has 0 aliphatic carbocycles. The van der Waals surface area contributed by atoms with Gasteiger partial charge in [0.2, 0.25) is 5.91 Å². The number of hydrogen-bond acceptors (Lipinski definition) is 6. The number of carbonyl (C=O) groups excluding carboxylic acids is 1. The van der Waals surface area contributed by atoms with E-state index >= 15 is 0 Å². The summed E-state index contributed by atoms with van der Waals surface area (Å²) in [5.41, 5.74) is 9.19. The van der Waals surface area contributed by atoms with Crippen molar-refractivity contribution in [3.63, 3.8) is 0 Å². The smallest absolute Gasteiger partial charge is 0.239 e. The second-order valence-corrected chi connectivity index (χ2v) is 9.24. The van der Waals surface area contributed by atoms with Crippen molar-refractivity contribution in [1.29, 1.82) is 0 Å². The van der Waals surface area contributed by atoms with Crippen LogP contribution in [0.1, 0.15) is 35.4 Å². The van der Waals surface area contributed by atoms with E-state index in [4.69, 9.17) is 17.3 Å². The number of anilines is 1. The maximum atomic E-state index is 13.7. The van der Waals surface area contributed by atoms with Crippen molar-refractivity contribution >= 4 is 59.9 Å². The molecular formula is C21H27Cl3FN5OS. The summed E-state index contributed by atoms with van der Waals surface area (Å²) in [6, 6.07) is 3.82. The van der Waals surface area contributed by atoms with Gasteiger partial charge in [-0.2, -0.15) is 0 Å². The molecule has 1 aromatic heterocycles. The summed E-state index contributed by atoms with van der Waals surface area (Å²) in [5.74, 6) is 1.33. The molecule has 176 valence electrons. The van der Waals surface area contributed by atoms with E-state index in [2.05, 4.69) is 21.8 Å². The van der Waals surface area contributed by atoms with Crippen molar-refractivity contribution in [2.24, 2.45) is 5.73 Å². The zero-order valence-electron chi connectivity index (χ0n) is 17.7. The molecule has 1 saturated heterocycles. The largest absolute Gasteiger partial charge is 0.353 e. The molecule has 2 aliphatic heterocycles. The summed E-state index contributed by atoms with van der Waals surface area (Å²) in [5, 5.41) is 0.499. The van der Waals surface area contributed by atoms with Crippen molar-refractivity contribution in [2.45, 2.75) is 36.8 Å². The van der Waals surface area contributed by atoms with Gasteiger partial charge in [-0.1, -0.05) is 24.6 Å². The van der Waals surface area contributed by atoms with Gasteiger partial charge in [0, 0.05) is 42.7 Å². The first-order valence-corrected chi connectivity index (χ1v) is 11.6. The van der Waals surface area contributed by atoms with Crippen LogP contribution in [-0.2, 0) is 17.0 Å². The standard InChI is InChI=1S/C21H25ClFN5OS.2ClH/c1-2-18-19-17(11-30-18)25-12-26-20(19)27-5-7-28(8-6-27)21(29)16(24)10-13-3-4-14(22)15(23)9-13;;/h3-4,9,12,16,18H,2,5-8,10-11,24H2,1H3;2*1H/t16-,18?;;/m1../s1. The predicted molar refractivity (Wildman–Crippen MR) is 133 cm³/mol. The van der Waals surface area contributed by atoms with E-state index in [-0.39, 0.29) is 42.2 Å². The third-order valence-electron chi connectivity index (χ3n) is 5.71. The van der Waals surface area contributed by atoms with Gasteiger partial charge in [0.1, 0.15) is 18.0 Å². The zero-order chi connectivity index (χ0) is 21.3. The van der Waals surface area contributed by atoms with Crippen LogP contribution in [-0.4, -0.2) is 53.0 Å². The highest BCUT2D eigenvalue weighted by atomic mass is 35.5. The molecule has 11 heteroatoms. The quantitative estimate of drug-likeness (QED) is 0.639. The number of thioether (sulfide) groups is 1. The molecule has 2 aliphatic rings. The van der Waals surface area contributed by atoms with Crippen molar-refractivity contribution in [3.8, 4) is 0 Å². The van der Waals surface area contributed by atoms with Crippen LogP contribution < -0.4 is 10.6 Å². The number of piperazine rings is 1. The van der Waals surface area contributed by atoms with Gasteiger partial charge in [-0.25, -0.2) is 14.4 Å². The Morgan fingerprint density at radius 2 is 2.00 bits per heavy atom. The first-order valence-electron chi connectivity index (χ1n) is 10.2. The van der Waals surface area contributed by atoms with Crippen LogP contribution in [0.25, 0.3) is 0 Å². The minimum Gasteiger partial charge on any atom is -0.353 e. The number of fused-ring (bicyclic) bond motifs is 1. The third-order valence-corrected chi connectivity index (χ3v) is 7.43. The molecule has 32 heavy (non-hydrogen) atoms. The number of hydrogen-bond donors (Lipinski definition) is 1. The van der Waals surface area contributed by atoms with Crippen LogP contribution in [0.3, 0.4) is 0 Å². The average Bonchev–Trinajstić information content (AvgIpc) is 3.19. The summed E-state index contributed by atoms with van der Waals surface area (Å²) in [7, 11) is 0. The number of halogens is 4. The third kappa shape index (κ3) is 5.59. The summed E-state index contributed by atoms with van der Waals surface area (Å²) >= 11 is 7.64. The topological polar surface area (TPSA) is 75.4 Å². The van der Waals surface area contributed by atoms with Gasteiger partial charge < -0.3 is 15.5 Å². The molecule has 0 spiro atoms. The lowest BCUT2D eigenvalue weighted by Crippen LogP contribution is -2.54. The van der Waals surface area contributed by atoms with Gasteiger partial charge in [-0.05, 0) is 30.5 Å². The minimum absolute atomic E-state index is 0. The minimum atomic E-state index is -0.707. The molecule has 2 N–H and O–H groups in total. The molecule has 1 aromatic carbocycles. The van der Waals surface area contributed by atoms with Crippen molar-refractivity contribution < 1.29 is 9.18 Å².